The second-order valence-corrected chi connectivity index (χ2v) is 7.20. The summed E-state index contributed by atoms with van der Waals surface area (Å²) < 4.78 is 0. The molecule has 34 heavy (non-hydrogen) atoms. The number of carbonyl (C=O) groups is 4. The van der Waals surface area contributed by atoms with Crippen molar-refractivity contribution in [3.63, 3.8) is 0 Å². The van der Waals surface area contributed by atoms with E-state index in [0.29, 0.717) is 19.4 Å². The topological polar surface area (TPSA) is 257 Å². The number of guanidine groups is 1. The van der Waals surface area contributed by atoms with Gasteiger partial charge in [0.25, 0.3) is 0 Å². The maximum absolute atomic E-state index is 12.4. The zero-order chi connectivity index (χ0) is 25.7. The van der Waals surface area contributed by atoms with E-state index in [-0.39, 0.29) is 33.8 Å². The summed E-state index contributed by atoms with van der Waals surface area (Å²) in [6.07, 6.45) is 0.975. The fourth-order valence-corrected chi connectivity index (χ4v) is 3.14. The van der Waals surface area contributed by atoms with Crippen LogP contribution in [0.3, 0.4) is 0 Å². The van der Waals surface area contributed by atoms with E-state index >= 15 is 0 Å². The molecular formula is C21H22N4O9. The average Bonchev–Trinajstić information content (AvgIpc) is 2.74. The normalized spacial score (nSPS) is 12.5. The van der Waals surface area contributed by atoms with Gasteiger partial charge in [-0.15, -0.1) is 0 Å². The third kappa shape index (κ3) is 5.58. The number of carbonyl (C=O) groups excluding carboxylic acids is 2. The summed E-state index contributed by atoms with van der Waals surface area (Å²) >= 11 is 0. The molecular weight excluding hydrogens is 452 g/mol. The number of nitrogens with two attached hydrogens (primary N) is 2. The number of phenols is 3. The lowest BCUT2D eigenvalue weighted by Crippen LogP contribution is -2.34. The predicted molar refractivity (Wildman–Crippen MR) is 116 cm³/mol. The highest BCUT2D eigenvalue weighted by molar-refractivity contribution is 6.30. The highest BCUT2D eigenvalue weighted by Gasteiger charge is 2.35. The lowest BCUT2D eigenvalue weighted by molar-refractivity contribution is -0.138. The zero-order valence-electron chi connectivity index (χ0n) is 17.5. The third-order valence-corrected chi connectivity index (χ3v) is 4.73. The zero-order valence-corrected chi connectivity index (χ0v) is 17.5. The molecule has 1 aliphatic carbocycles. The molecule has 0 saturated carbocycles. The van der Waals surface area contributed by atoms with Gasteiger partial charge in [0.2, 0.25) is 5.78 Å². The molecule has 2 aromatic carbocycles. The number of hydrogen-bond donors (Lipinski definition) is 9. The molecule has 3 rings (SSSR count). The van der Waals surface area contributed by atoms with E-state index in [0.717, 1.165) is 24.3 Å². The molecule has 1 aliphatic rings. The van der Waals surface area contributed by atoms with Crippen molar-refractivity contribution in [3.05, 3.63) is 52.1 Å². The minimum absolute atomic E-state index is 0.112. The molecule has 13 heteroatoms. The fourth-order valence-electron chi connectivity index (χ4n) is 3.14. The quantitative estimate of drug-likeness (QED) is 0.129. The summed E-state index contributed by atoms with van der Waals surface area (Å²) in [5.41, 5.74) is 8.60. The molecule has 0 spiro atoms. The molecule has 0 bridgehead atoms. The van der Waals surface area contributed by atoms with Gasteiger partial charge in [-0.1, -0.05) is 0 Å². The molecule has 13 nitrogen and oxygen atoms in total. The lowest BCUT2D eigenvalue weighted by atomic mass is 9.82. The number of carboxylic acids is 2. The maximum Gasteiger partial charge on any atom is 0.335 e. The number of aliphatic carboxylic acids is 1. The van der Waals surface area contributed by atoms with Gasteiger partial charge < -0.3 is 42.3 Å². The Labute approximate surface area is 191 Å². The number of benzene rings is 2. The number of phenolic OH excluding ortho intramolecular Hbond substituents is 3. The van der Waals surface area contributed by atoms with Crippen molar-refractivity contribution in [1.29, 1.82) is 5.41 Å². The van der Waals surface area contributed by atoms with Crippen molar-refractivity contribution < 1.29 is 44.7 Å². The van der Waals surface area contributed by atoms with Gasteiger partial charge in [0.15, 0.2) is 11.7 Å². The number of rotatable bonds is 6. The van der Waals surface area contributed by atoms with E-state index in [1.165, 1.54) is 0 Å². The molecule has 0 amide bonds. The monoisotopic (exact) mass is 474 g/mol. The molecule has 2 aromatic rings. The van der Waals surface area contributed by atoms with Crippen molar-refractivity contribution in [2.24, 2.45) is 11.5 Å². The Morgan fingerprint density at radius 3 is 2.03 bits per heavy atom. The molecule has 0 heterocycles. The van der Waals surface area contributed by atoms with E-state index in [2.05, 4.69) is 5.32 Å². The highest BCUT2D eigenvalue weighted by atomic mass is 16.4. The molecule has 1 atom stereocenters. The number of aromatic carboxylic acids is 1. The smallest absolute Gasteiger partial charge is 0.335 e. The first-order valence-electron chi connectivity index (χ1n) is 9.67. The second kappa shape index (κ2) is 10.3. The summed E-state index contributed by atoms with van der Waals surface area (Å²) in [4.78, 5) is 46.0. The average molecular weight is 474 g/mol. The van der Waals surface area contributed by atoms with E-state index in [9.17, 15) is 34.5 Å². The Hall–Kier alpha value is -4.65. The molecule has 0 radical (unpaired) electrons. The number of carboxylic acid groups (broad SMARTS) is 2. The Bertz CT molecular complexity index is 1190. The molecule has 0 aromatic heterocycles. The second-order valence-electron chi connectivity index (χ2n) is 7.20. The van der Waals surface area contributed by atoms with Crippen LogP contribution in [-0.2, 0) is 4.79 Å². The molecule has 0 fully saturated rings. The van der Waals surface area contributed by atoms with Crippen molar-refractivity contribution >= 4 is 29.5 Å². The predicted octanol–water partition coefficient (Wildman–Crippen LogP) is -0.0614. The van der Waals surface area contributed by atoms with Crippen LogP contribution in [0.1, 0.15) is 55.0 Å². The minimum atomic E-state index is -1.37. The van der Waals surface area contributed by atoms with Crippen molar-refractivity contribution in [1.82, 2.24) is 5.32 Å². The van der Waals surface area contributed by atoms with Crippen LogP contribution in [0, 0.1) is 5.41 Å². The van der Waals surface area contributed by atoms with Crippen LogP contribution < -0.4 is 16.8 Å². The van der Waals surface area contributed by atoms with E-state index in [1.807, 2.05) is 0 Å². The largest absolute Gasteiger partial charge is 0.508 e. The number of aromatic hydroxyl groups is 3. The van der Waals surface area contributed by atoms with Crippen LogP contribution in [0.15, 0.2) is 24.3 Å². The Kier molecular flexibility index (Phi) is 7.77. The van der Waals surface area contributed by atoms with Crippen LogP contribution in [0.25, 0.3) is 0 Å². The van der Waals surface area contributed by atoms with Gasteiger partial charge in [0.05, 0.1) is 16.7 Å². The van der Waals surface area contributed by atoms with Crippen molar-refractivity contribution in [3.8, 4) is 17.2 Å². The standard InChI is InChI=1S/C15H8O7.C6H14N4O2/c16-6-3-8-12(10(18)4-6)14(20)11-7(13(8)19)1-5(15(21)22)2-9(11)17;7-4(5(11)12)2-1-3-10-6(8)9/h1-4,16-18H,(H,21,22);4H,1-3,7H2,(H,11,12)(H4,8,9,10). The SMILES string of the molecule is N=C(N)NCCCC(N)C(=O)O.O=C(O)c1cc(O)c2c(c1)C(=O)c1cc(O)cc(O)c1C2=O. The number of fused-ring (bicyclic) bond motifs is 2. The lowest BCUT2D eigenvalue weighted by Gasteiger charge is -2.19. The summed E-state index contributed by atoms with van der Waals surface area (Å²) in [7, 11) is 0. The summed E-state index contributed by atoms with van der Waals surface area (Å²) in [6.45, 7) is 0.482. The first kappa shape index (κ1) is 25.6. The van der Waals surface area contributed by atoms with Gasteiger partial charge in [0.1, 0.15) is 23.3 Å². The van der Waals surface area contributed by atoms with Crippen LogP contribution >= 0.6 is 0 Å². The van der Waals surface area contributed by atoms with Gasteiger partial charge in [-0.3, -0.25) is 19.8 Å². The summed E-state index contributed by atoms with van der Waals surface area (Å²) in [5, 5.41) is 55.8. The van der Waals surface area contributed by atoms with Gasteiger partial charge in [-0.25, -0.2) is 4.79 Å². The van der Waals surface area contributed by atoms with Crippen molar-refractivity contribution in [2.45, 2.75) is 18.9 Å². The fraction of sp³-hybridized carbons (Fsp3) is 0.190. The van der Waals surface area contributed by atoms with Gasteiger partial charge in [-0.2, -0.15) is 0 Å². The van der Waals surface area contributed by atoms with Gasteiger partial charge >= 0.3 is 11.9 Å². The molecule has 1 unspecified atom stereocenters. The van der Waals surface area contributed by atoms with Crippen LogP contribution in [0.5, 0.6) is 17.2 Å². The highest BCUT2D eigenvalue weighted by Crippen LogP contribution is 2.39. The first-order chi connectivity index (χ1) is 15.8. The Balaban J connectivity index is 0.000000292. The number of nitrogens with one attached hydrogen (secondary N) is 2. The molecule has 11 N–H and O–H groups in total. The van der Waals surface area contributed by atoms with E-state index in [4.69, 9.17) is 27.1 Å². The van der Waals surface area contributed by atoms with Crippen LogP contribution in [-0.4, -0.2) is 67.6 Å². The summed E-state index contributed by atoms with van der Waals surface area (Å²) in [5.74, 6) is -5.75. The maximum atomic E-state index is 12.4. The molecule has 0 saturated heterocycles. The minimum Gasteiger partial charge on any atom is -0.508 e. The molecule has 180 valence electrons. The Morgan fingerprint density at radius 1 is 0.941 bits per heavy atom. The third-order valence-electron chi connectivity index (χ3n) is 4.73. The number of hydrogen-bond acceptors (Lipinski definition) is 9. The van der Waals surface area contributed by atoms with E-state index in [1.54, 1.807) is 0 Å². The van der Waals surface area contributed by atoms with E-state index < -0.39 is 46.8 Å². The van der Waals surface area contributed by atoms with Crippen LogP contribution in [0.4, 0.5) is 0 Å². The molecule has 0 aliphatic heterocycles. The van der Waals surface area contributed by atoms with Gasteiger partial charge in [-0.05, 0) is 31.0 Å². The first-order valence-corrected chi connectivity index (χ1v) is 9.67. The van der Waals surface area contributed by atoms with Gasteiger partial charge in [0, 0.05) is 23.7 Å². The summed E-state index contributed by atoms with van der Waals surface area (Å²) in [6, 6.07) is 2.91. The number of ketones is 2. The Morgan fingerprint density at radius 2 is 1.50 bits per heavy atom. The van der Waals surface area contributed by atoms with Crippen LogP contribution in [0.2, 0.25) is 0 Å². The van der Waals surface area contributed by atoms with Crippen molar-refractivity contribution in [2.75, 3.05) is 6.54 Å².